The van der Waals surface area contributed by atoms with Crippen molar-refractivity contribution in [3.8, 4) is 5.75 Å². The summed E-state index contributed by atoms with van der Waals surface area (Å²) < 4.78 is 6.00. The van der Waals surface area contributed by atoms with Gasteiger partial charge in [0.25, 0.3) is 0 Å². The zero-order chi connectivity index (χ0) is 10.7. The number of aryl methyl sites for hydroxylation is 1. The van der Waals surface area contributed by atoms with Gasteiger partial charge < -0.3 is 10.1 Å². The molecule has 15 heavy (non-hydrogen) atoms. The molecule has 1 fully saturated rings. The van der Waals surface area contributed by atoms with Crippen molar-refractivity contribution in [3.05, 3.63) is 29.3 Å². The van der Waals surface area contributed by atoms with E-state index < -0.39 is 0 Å². The maximum atomic E-state index is 6.00. The summed E-state index contributed by atoms with van der Waals surface area (Å²) in [7, 11) is 0. The highest BCUT2D eigenvalue weighted by molar-refractivity contribution is 5.38. The van der Waals surface area contributed by atoms with Crippen molar-refractivity contribution in [1.82, 2.24) is 5.32 Å². The highest BCUT2D eigenvalue weighted by atomic mass is 16.5. The molecule has 1 aromatic rings. The van der Waals surface area contributed by atoms with Gasteiger partial charge in [-0.15, -0.1) is 0 Å². The van der Waals surface area contributed by atoms with Crippen LogP contribution in [0, 0.1) is 13.8 Å². The lowest BCUT2D eigenvalue weighted by molar-refractivity contribution is 0.166. The quantitative estimate of drug-likeness (QED) is 0.800. The number of hydrogen-bond donors (Lipinski definition) is 1. The molecule has 0 unspecified atom stereocenters. The third kappa shape index (κ3) is 2.51. The predicted octanol–water partition coefficient (Wildman–Crippen LogP) is 2.43. The van der Waals surface area contributed by atoms with Gasteiger partial charge >= 0.3 is 0 Å². The van der Waals surface area contributed by atoms with Crippen LogP contribution in [0.2, 0.25) is 0 Å². The van der Waals surface area contributed by atoms with Gasteiger partial charge in [-0.2, -0.15) is 0 Å². The van der Waals surface area contributed by atoms with E-state index in [1.165, 1.54) is 24.0 Å². The molecule has 1 aliphatic heterocycles. The van der Waals surface area contributed by atoms with Crippen LogP contribution in [0.15, 0.2) is 18.2 Å². The Balaban J connectivity index is 2.06. The fraction of sp³-hybridized carbons (Fsp3) is 0.538. The Bertz CT molecular complexity index is 329. The van der Waals surface area contributed by atoms with E-state index >= 15 is 0 Å². The second-order valence-electron chi connectivity index (χ2n) is 4.28. The van der Waals surface area contributed by atoms with Crippen LogP contribution in [0.4, 0.5) is 0 Å². The van der Waals surface area contributed by atoms with E-state index in [2.05, 4.69) is 37.4 Å². The molecule has 0 spiro atoms. The smallest absolute Gasteiger partial charge is 0.122 e. The summed E-state index contributed by atoms with van der Waals surface area (Å²) in [6.07, 6.45) is 2.73. The van der Waals surface area contributed by atoms with Crippen LogP contribution in [0.1, 0.15) is 24.0 Å². The molecule has 2 nitrogen and oxygen atoms in total. The molecule has 0 saturated carbocycles. The van der Waals surface area contributed by atoms with Crippen molar-refractivity contribution in [3.63, 3.8) is 0 Å². The van der Waals surface area contributed by atoms with Crippen molar-refractivity contribution >= 4 is 0 Å². The summed E-state index contributed by atoms with van der Waals surface area (Å²) in [5.41, 5.74) is 2.57. The van der Waals surface area contributed by atoms with Gasteiger partial charge in [-0.05, 0) is 50.4 Å². The van der Waals surface area contributed by atoms with Crippen molar-refractivity contribution in [2.75, 3.05) is 13.1 Å². The van der Waals surface area contributed by atoms with Gasteiger partial charge in [-0.25, -0.2) is 0 Å². The van der Waals surface area contributed by atoms with Gasteiger partial charge in [0.15, 0.2) is 0 Å². The highest BCUT2D eigenvalue weighted by Crippen LogP contribution is 2.23. The van der Waals surface area contributed by atoms with Crippen LogP contribution in [0.25, 0.3) is 0 Å². The summed E-state index contributed by atoms with van der Waals surface area (Å²) in [5.74, 6) is 1.05. The van der Waals surface area contributed by atoms with Gasteiger partial charge in [0.2, 0.25) is 0 Å². The molecule has 1 heterocycles. The van der Waals surface area contributed by atoms with Crippen LogP contribution in [-0.4, -0.2) is 19.2 Å². The number of piperidine rings is 1. The van der Waals surface area contributed by atoms with Crippen molar-refractivity contribution in [1.29, 1.82) is 0 Å². The first kappa shape index (κ1) is 10.5. The largest absolute Gasteiger partial charge is 0.489 e. The molecule has 0 bridgehead atoms. The van der Waals surface area contributed by atoms with E-state index in [0.29, 0.717) is 6.10 Å². The van der Waals surface area contributed by atoms with Crippen LogP contribution in [0.5, 0.6) is 5.75 Å². The molecular weight excluding hydrogens is 186 g/mol. The third-order valence-electron chi connectivity index (χ3n) is 3.10. The molecule has 1 aromatic carbocycles. The molecule has 0 aliphatic carbocycles. The van der Waals surface area contributed by atoms with Gasteiger partial charge in [0.1, 0.15) is 11.9 Å². The minimum atomic E-state index is 0.347. The number of benzene rings is 1. The van der Waals surface area contributed by atoms with Gasteiger partial charge in [0, 0.05) is 6.54 Å². The minimum Gasteiger partial charge on any atom is -0.489 e. The average molecular weight is 205 g/mol. The molecule has 82 valence electrons. The summed E-state index contributed by atoms with van der Waals surface area (Å²) in [5, 5.41) is 3.36. The Kier molecular flexibility index (Phi) is 3.27. The topological polar surface area (TPSA) is 21.3 Å². The van der Waals surface area contributed by atoms with Crippen molar-refractivity contribution in [2.24, 2.45) is 0 Å². The van der Waals surface area contributed by atoms with Gasteiger partial charge in [-0.1, -0.05) is 12.1 Å². The van der Waals surface area contributed by atoms with Gasteiger partial charge in [0.05, 0.1) is 0 Å². The molecular formula is C13H19NO. The van der Waals surface area contributed by atoms with E-state index in [4.69, 9.17) is 4.74 Å². The normalized spacial score (nSPS) is 21.3. The fourth-order valence-electron chi connectivity index (χ4n) is 1.95. The first-order chi connectivity index (χ1) is 7.27. The summed E-state index contributed by atoms with van der Waals surface area (Å²) in [4.78, 5) is 0. The van der Waals surface area contributed by atoms with E-state index in [1.807, 2.05) is 0 Å². The Morgan fingerprint density at radius 2 is 2.20 bits per heavy atom. The lowest BCUT2D eigenvalue weighted by atomic mass is 10.1. The Hall–Kier alpha value is -1.02. The monoisotopic (exact) mass is 205 g/mol. The fourth-order valence-corrected chi connectivity index (χ4v) is 1.95. The molecule has 1 N–H and O–H groups in total. The highest BCUT2D eigenvalue weighted by Gasteiger charge is 2.15. The first-order valence-corrected chi connectivity index (χ1v) is 5.71. The van der Waals surface area contributed by atoms with Crippen LogP contribution in [-0.2, 0) is 0 Å². The second kappa shape index (κ2) is 4.67. The van der Waals surface area contributed by atoms with E-state index in [9.17, 15) is 0 Å². The molecule has 1 atom stereocenters. The maximum Gasteiger partial charge on any atom is 0.122 e. The molecule has 0 radical (unpaired) electrons. The van der Waals surface area contributed by atoms with Crippen molar-refractivity contribution in [2.45, 2.75) is 32.8 Å². The standard InChI is InChI=1S/C13H19NO/c1-10-5-3-7-13(11(10)2)15-12-6-4-8-14-9-12/h3,5,7,12,14H,4,6,8-9H2,1-2H3/t12-/m1/s1. The number of nitrogens with one attached hydrogen (secondary N) is 1. The Labute approximate surface area is 91.6 Å². The molecule has 1 aliphatic rings. The van der Waals surface area contributed by atoms with E-state index in [0.717, 1.165) is 18.8 Å². The zero-order valence-corrected chi connectivity index (χ0v) is 9.55. The maximum absolute atomic E-state index is 6.00. The molecule has 0 aromatic heterocycles. The molecule has 1 saturated heterocycles. The summed E-state index contributed by atoms with van der Waals surface area (Å²) in [6.45, 7) is 6.36. The second-order valence-corrected chi connectivity index (χ2v) is 4.28. The Morgan fingerprint density at radius 1 is 1.33 bits per heavy atom. The SMILES string of the molecule is Cc1cccc(O[C@@H]2CCCNC2)c1C. The first-order valence-electron chi connectivity index (χ1n) is 5.71. The van der Waals surface area contributed by atoms with Crippen LogP contribution < -0.4 is 10.1 Å². The van der Waals surface area contributed by atoms with Gasteiger partial charge in [-0.3, -0.25) is 0 Å². The minimum absolute atomic E-state index is 0.347. The van der Waals surface area contributed by atoms with Crippen molar-refractivity contribution < 1.29 is 4.74 Å². The molecule has 0 amide bonds. The van der Waals surface area contributed by atoms with Crippen LogP contribution in [0.3, 0.4) is 0 Å². The lowest BCUT2D eigenvalue weighted by Gasteiger charge is -2.25. The lowest BCUT2D eigenvalue weighted by Crippen LogP contribution is -2.37. The predicted molar refractivity (Wildman–Crippen MR) is 62.4 cm³/mol. The number of rotatable bonds is 2. The third-order valence-corrected chi connectivity index (χ3v) is 3.10. The number of ether oxygens (including phenoxy) is 1. The molecule has 2 heteroatoms. The zero-order valence-electron chi connectivity index (χ0n) is 9.55. The summed E-state index contributed by atoms with van der Waals surface area (Å²) in [6, 6.07) is 6.26. The average Bonchev–Trinajstić information content (AvgIpc) is 2.26. The van der Waals surface area contributed by atoms with Crippen LogP contribution >= 0.6 is 0 Å². The Morgan fingerprint density at radius 3 is 2.93 bits per heavy atom. The van der Waals surface area contributed by atoms with E-state index in [1.54, 1.807) is 0 Å². The molecule has 2 rings (SSSR count). The number of hydrogen-bond acceptors (Lipinski definition) is 2. The van der Waals surface area contributed by atoms with E-state index in [-0.39, 0.29) is 0 Å². The summed E-state index contributed by atoms with van der Waals surface area (Å²) >= 11 is 0.